The molecule has 0 aliphatic heterocycles. The van der Waals surface area contributed by atoms with Crippen LogP contribution in [0.3, 0.4) is 0 Å². The van der Waals surface area contributed by atoms with E-state index in [0.29, 0.717) is 12.5 Å². The van der Waals surface area contributed by atoms with Crippen molar-refractivity contribution in [2.75, 3.05) is 0 Å². The Kier molecular flexibility index (Phi) is 5.42. The number of rotatable bonds is 4. The largest absolute Gasteiger partial charge is 0.353 e. The van der Waals surface area contributed by atoms with Gasteiger partial charge < -0.3 is 5.32 Å². The quantitative estimate of drug-likeness (QED) is 0.687. The molecule has 5 nitrogen and oxygen atoms in total. The first-order chi connectivity index (χ1) is 13.6. The van der Waals surface area contributed by atoms with Crippen LogP contribution < -0.4 is 5.32 Å². The zero-order chi connectivity index (χ0) is 19.5. The van der Waals surface area contributed by atoms with Crippen molar-refractivity contribution in [3.05, 3.63) is 53.3 Å². The Morgan fingerprint density at radius 2 is 1.82 bits per heavy atom. The van der Waals surface area contributed by atoms with Crippen LogP contribution in [0.2, 0.25) is 0 Å². The maximum atomic E-state index is 12.7. The van der Waals surface area contributed by atoms with E-state index in [1.165, 1.54) is 25.7 Å². The van der Waals surface area contributed by atoms with E-state index < -0.39 is 0 Å². The maximum absolute atomic E-state index is 12.7. The summed E-state index contributed by atoms with van der Waals surface area (Å²) in [6.45, 7) is 4.01. The Morgan fingerprint density at radius 1 is 1.11 bits per heavy atom. The van der Waals surface area contributed by atoms with Gasteiger partial charge in [0.25, 0.3) is 0 Å². The second-order valence-electron chi connectivity index (χ2n) is 7.86. The summed E-state index contributed by atoms with van der Waals surface area (Å²) in [5.41, 5.74) is 5.65. The number of amides is 1. The summed E-state index contributed by atoms with van der Waals surface area (Å²) >= 11 is 0. The predicted octanol–water partition coefficient (Wildman–Crippen LogP) is 4.39. The molecule has 2 heterocycles. The molecule has 28 heavy (non-hydrogen) atoms. The van der Waals surface area contributed by atoms with Crippen LogP contribution >= 0.6 is 0 Å². The number of nitrogens with zero attached hydrogens (tertiary/aromatic N) is 3. The first-order valence-electron chi connectivity index (χ1n) is 10.3. The van der Waals surface area contributed by atoms with Crippen LogP contribution in [0, 0.1) is 13.8 Å². The van der Waals surface area contributed by atoms with Gasteiger partial charge in [0, 0.05) is 34.6 Å². The van der Waals surface area contributed by atoms with E-state index in [2.05, 4.69) is 5.32 Å². The van der Waals surface area contributed by atoms with Gasteiger partial charge in [-0.15, -0.1) is 0 Å². The van der Waals surface area contributed by atoms with E-state index in [1.54, 1.807) is 0 Å². The Morgan fingerprint density at radius 3 is 2.54 bits per heavy atom. The molecule has 1 N–H and O–H groups in total. The highest BCUT2D eigenvalue weighted by molar-refractivity contribution is 5.79. The number of carbonyl (C=O) groups excluding carboxylic acids is 1. The average Bonchev–Trinajstić information content (AvgIpc) is 2.95. The van der Waals surface area contributed by atoms with Crippen molar-refractivity contribution in [3.63, 3.8) is 0 Å². The van der Waals surface area contributed by atoms with Crippen LogP contribution in [0.25, 0.3) is 16.9 Å². The third kappa shape index (κ3) is 3.93. The fourth-order valence-electron chi connectivity index (χ4n) is 4.20. The lowest BCUT2D eigenvalue weighted by molar-refractivity contribution is -0.121. The molecule has 4 rings (SSSR count). The molecular formula is C23H28N4O. The summed E-state index contributed by atoms with van der Waals surface area (Å²) in [4.78, 5) is 17.4. The van der Waals surface area contributed by atoms with Crippen molar-refractivity contribution >= 4 is 11.6 Å². The lowest BCUT2D eigenvalue weighted by Crippen LogP contribution is -2.35. The SMILES string of the molecule is Cc1nc2cc(-c3ccccc3)nn2c(C)c1CC(=O)NC1CCCCCC1. The summed E-state index contributed by atoms with van der Waals surface area (Å²) in [6, 6.07) is 12.4. The van der Waals surface area contributed by atoms with Crippen LogP contribution in [-0.4, -0.2) is 26.5 Å². The fraction of sp³-hybridized carbons (Fsp3) is 0.435. The maximum Gasteiger partial charge on any atom is 0.224 e. The van der Waals surface area contributed by atoms with Gasteiger partial charge in [-0.05, 0) is 26.7 Å². The van der Waals surface area contributed by atoms with Crippen molar-refractivity contribution in [2.24, 2.45) is 0 Å². The highest BCUT2D eigenvalue weighted by atomic mass is 16.1. The first kappa shape index (κ1) is 18.7. The number of aromatic nitrogens is 3. The Bertz CT molecular complexity index is 969. The number of carbonyl (C=O) groups is 1. The monoisotopic (exact) mass is 376 g/mol. The number of hydrogen-bond donors (Lipinski definition) is 1. The van der Waals surface area contributed by atoms with Crippen molar-refractivity contribution in [1.29, 1.82) is 0 Å². The molecule has 2 aromatic heterocycles. The van der Waals surface area contributed by atoms with Gasteiger partial charge in [-0.2, -0.15) is 5.10 Å². The fourth-order valence-corrected chi connectivity index (χ4v) is 4.20. The topological polar surface area (TPSA) is 59.3 Å². The molecule has 0 radical (unpaired) electrons. The summed E-state index contributed by atoms with van der Waals surface area (Å²) in [5.74, 6) is 0.0923. The molecule has 1 aliphatic rings. The van der Waals surface area contributed by atoms with Gasteiger partial charge in [0.15, 0.2) is 5.65 Å². The van der Waals surface area contributed by atoms with Crippen LogP contribution in [0.15, 0.2) is 36.4 Å². The molecular weight excluding hydrogens is 348 g/mol. The molecule has 0 bridgehead atoms. The van der Waals surface area contributed by atoms with E-state index in [4.69, 9.17) is 10.1 Å². The minimum atomic E-state index is 0.0923. The Labute approximate surface area is 166 Å². The van der Waals surface area contributed by atoms with E-state index in [0.717, 1.165) is 46.7 Å². The normalized spacial score (nSPS) is 15.5. The van der Waals surface area contributed by atoms with E-state index >= 15 is 0 Å². The summed E-state index contributed by atoms with van der Waals surface area (Å²) in [5, 5.41) is 7.99. The summed E-state index contributed by atoms with van der Waals surface area (Å²) in [6.07, 6.45) is 7.55. The van der Waals surface area contributed by atoms with Gasteiger partial charge in [-0.1, -0.05) is 56.0 Å². The lowest BCUT2D eigenvalue weighted by atomic mass is 10.1. The van der Waals surface area contributed by atoms with E-state index in [9.17, 15) is 4.79 Å². The first-order valence-corrected chi connectivity index (χ1v) is 10.3. The molecule has 0 spiro atoms. The molecule has 0 atom stereocenters. The highest BCUT2D eigenvalue weighted by Crippen LogP contribution is 2.22. The van der Waals surface area contributed by atoms with Crippen molar-refractivity contribution in [1.82, 2.24) is 19.9 Å². The zero-order valence-corrected chi connectivity index (χ0v) is 16.7. The van der Waals surface area contributed by atoms with Gasteiger partial charge in [-0.3, -0.25) is 4.79 Å². The van der Waals surface area contributed by atoms with Crippen LogP contribution in [0.4, 0.5) is 0 Å². The molecule has 146 valence electrons. The minimum Gasteiger partial charge on any atom is -0.353 e. The minimum absolute atomic E-state index is 0.0923. The number of nitrogens with one attached hydrogen (secondary N) is 1. The molecule has 1 aromatic carbocycles. The highest BCUT2D eigenvalue weighted by Gasteiger charge is 2.18. The Balaban J connectivity index is 1.57. The summed E-state index contributed by atoms with van der Waals surface area (Å²) in [7, 11) is 0. The number of aryl methyl sites for hydroxylation is 2. The standard InChI is InChI=1S/C23H28N4O/c1-16-20(14-23(28)25-19-12-8-3-4-9-13-19)17(2)27-22(24-16)15-21(26-27)18-10-6-5-7-11-18/h5-7,10-11,15,19H,3-4,8-9,12-14H2,1-2H3,(H,25,28). The molecule has 1 fully saturated rings. The average molecular weight is 377 g/mol. The second-order valence-corrected chi connectivity index (χ2v) is 7.86. The second kappa shape index (κ2) is 8.13. The molecule has 5 heteroatoms. The van der Waals surface area contributed by atoms with E-state index in [1.807, 2.05) is 54.8 Å². The Hall–Kier alpha value is -2.69. The molecule has 1 aliphatic carbocycles. The molecule has 0 saturated heterocycles. The smallest absolute Gasteiger partial charge is 0.224 e. The lowest BCUT2D eigenvalue weighted by Gasteiger charge is -2.17. The van der Waals surface area contributed by atoms with Gasteiger partial charge in [0.1, 0.15) is 0 Å². The van der Waals surface area contributed by atoms with Crippen LogP contribution in [0.1, 0.15) is 55.5 Å². The van der Waals surface area contributed by atoms with Crippen molar-refractivity contribution < 1.29 is 4.79 Å². The van der Waals surface area contributed by atoms with E-state index in [-0.39, 0.29) is 5.91 Å². The molecule has 1 amide bonds. The molecule has 0 unspecified atom stereocenters. The number of fused-ring (bicyclic) bond motifs is 1. The van der Waals surface area contributed by atoms with Crippen LogP contribution in [-0.2, 0) is 11.2 Å². The van der Waals surface area contributed by atoms with Crippen molar-refractivity contribution in [3.8, 4) is 11.3 Å². The van der Waals surface area contributed by atoms with Gasteiger partial charge in [0.05, 0.1) is 12.1 Å². The van der Waals surface area contributed by atoms with Gasteiger partial charge in [-0.25, -0.2) is 9.50 Å². The predicted molar refractivity (Wildman–Crippen MR) is 111 cm³/mol. The van der Waals surface area contributed by atoms with Gasteiger partial charge in [0.2, 0.25) is 5.91 Å². The van der Waals surface area contributed by atoms with Gasteiger partial charge >= 0.3 is 0 Å². The summed E-state index contributed by atoms with van der Waals surface area (Å²) < 4.78 is 1.86. The number of benzene rings is 1. The van der Waals surface area contributed by atoms with Crippen molar-refractivity contribution in [2.45, 2.75) is 64.8 Å². The third-order valence-electron chi connectivity index (χ3n) is 5.79. The third-order valence-corrected chi connectivity index (χ3v) is 5.79. The van der Waals surface area contributed by atoms with Crippen LogP contribution in [0.5, 0.6) is 0 Å². The zero-order valence-electron chi connectivity index (χ0n) is 16.7. The molecule has 1 saturated carbocycles. The molecule has 3 aromatic rings. The number of hydrogen-bond acceptors (Lipinski definition) is 3.